The first kappa shape index (κ1) is 13.2. The third kappa shape index (κ3) is 3.16. The minimum Gasteiger partial charge on any atom is -0.456 e. The number of anilines is 1. The molecule has 2 rings (SSSR count). The van der Waals surface area contributed by atoms with E-state index < -0.39 is 0 Å². The van der Waals surface area contributed by atoms with Gasteiger partial charge in [-0.1, -0.05) is 19.1 Å². The van der Waals surface area contributed by atoms with Crippen LogP contribution in [0, 0.1) is 0 Å². The Morgan fingerprint density at radius 3 is 2.53 bits per heavy atom. The lowest BCUT2D eigenvalue weighted by atomic mass is 10.1. The van der Waals surface area contributed by atoms with E-state index in [9.17, 15) is 4.79 Å². The third-order valence-electron chi connectivity index (χ3n) is 3.02. The van der Waals surface area contributed by atoms with Crippen LogP contribution in [0.2, 0.25) is 0 Å². The molecule has 0 spiro atoms. The van der Waals surface area contributed by atoms with E-state index in [1.54, 1.807) is 6.07 Å². The van der Waals surface area contributed by atoms with Crippen molar-refractivity contribution in [3.05, 3.63) is 53.5 Å². The van der Waals surface area contributed by atoms with Crippen LogP contribution in [0.4, 0.5) is 5.69 Å². The summed E-state index contributed by atoms with van der Waals surface area (Å²) >= 11 is 0. The van der Waals surface area contributed by atoms with Crippen LogP contribution in [0.5, 0.6) is 0 Å². The molecule has 4 nitrogen and oxygen atoms in total. The Balaban J connectivity index is 2.04. The summed E-state index contributed by atoms with van der Waals surface area (Å²) in [5.74, 6) is 0.952. The Morgan fingerprint density at radius 2 is 1.95 bits per heavy atom. The highest BCUT2D eigenvalue weighted by atomic mass is 16.3. The van der Waals surface area contributed by atoms with Gasteiger partial charge in [0.15, 0.2) is 5.76 Å². The van der Waals surface area contributed by atoms with Crippen LogP contribution in [-0.4, -0.2) is 5.91 Å². The lowest BCUT2D eigenvalue weighted by molar-refractivity contribution is 0.0910. The van der Waals surface area contributed by atoms with Gasteiger partial charge in [-0.25, -0.2) is 0 Å². The lowest BCUT2D eigenvalue weighted by Crippen LogP contribution is -2.26. The van der Waals surface area contributed by atoms with Gasteiger partial charge in [0.1, 0.15) is 5.76 Å². The molecular formula is C15H18N2O2. The maximum absolute atomic E-state index is 12.0. The molecule has 0 saturated heterocycles. The van der Waals surface area contributed by atoms with E-state index in [2.05, 4.69) is 5.32 Å². The third-order valence-corrected chi connectivity index (χ3v) is 3.02. The molecule has 1 unspecified atom stereocenters. The van der Waals surface area contributed by atoms with Crippen LogP contribution >= 0.6 is 0 Å². The zero-order valence-electron chi connectivity index (χ0n) is 11.1. The molecule has 0 aliphatic carbocycles. The minimum atomic E-state index is -0.205. The van der Waals surface area contributed by atoms with Crippen molar-refractivity contribution in [2.24, 2.45) is 0 Å². The molecule has 1 atom stereocenters. The van der Waals surface area contributed by atoms with Gasteiger partial charge in [0.2, 0.25) is 0 Å². The van der Waals surface area contributed by atoms with Gasteiger partial charge in [-0.15, -0.1) is 0 Å². The number of hydrogen-bond acceptors (Lipinski definition) is 3. The molecule has 19 heavy (non-hydrogen) atoms. The van der Waals surface area contributed by atoms with Gasteiger partial charge in [-0.3, -0.25) is 4.79 Å². The monoisotopic (exact) mass is 258 g/mol. The number of nitrogens with one attached hydrogen (secondary N) is 1. The summed E-state index contributed by atoms with van der Waals surface area (Å²) in [5, 5.41) is 2.90. The van der Waals surface area contributed by atoms with Crippen LogP contribution in [-0.2, 0) is 6.42 Å². The number of benzene rings is 1. The van der Waals surface area contributed by atoms with E-state index in [0.717, 1.165) is 17.7 Å². The number of carbonyl (C=O) groups excluding carboxylic acids is 1. The molecule has 1 aromatic carbocycles. The van der Waals surface area contributed by atoms with Gasteiger partial charge in [0.05, 0.1) is 6.04 Å². The van der Waals surface area contributed by atoms with E-state index in [1.165, 1.54) is 0 Å². The summed E-state index contributed by atoms with van der Waals surface area (Å²) in [6.45, 7) is 3.91. The summed E-state index contributed by atoms with van der Waals surface area (Å²) in [5.41, 5.74) is 7.35. The van der Waals surface area contributed by atoms with E-state index in [-0.39, 0.29) is 11.9 Å². The van der Waals surface area contributed by atoms with E-state index >= 15 is 0 Å². The zero-order valence-corrected chi connectivity index (χ0v) is 11.1. The Morgan fingerprint density at radius 1 is 1.26 bits per heavy atom. The molecule has 0 aliphatic rings. The summed E-state index contributed by atoms with van der Waals surface area (Å²) in [6, 6.07) is 10.9. The van der Waals surface area contributed by atoms with Crippen LogP contribution in [0.25, 0.3) is 0 Å². The molecule has 0 aliphatic heterocycles. The molecule has 1 amide bonds. The largest absolute Gasteiger partial charge is 0.456 e. The smallest absolute Gasteiger partial charge is 0.287 e. The normalized spacial score (nSPS) is 12.1. The molecular weight excluding hydrogens is 240 g/mol. The predicted molar refractivity (Wildman–Crippen MR) is 74.8 cm³/mol. The van der Waals surface area contributed by atoms with Crippen LogP contribution < -0.4 is 11.1 Å². The number of aryl methyl sites for hydroxylation is 1. The average Bonchev–Trinajstić information content (AvgIpc) is 2.88. The first-order chi connectivity index (χ1) is 9.10. The Labute approximate surface area is 112 Å². The Hall–Kier alpha value is -2.23. The number of nitrogen functional groups attached to an aromatic ring is 1. The minimum absolute atomic E-state index is 0.0942. The maximum Gasteiger partial charge on any atom is 0.287 e. The van der Waals surface area contributed by atoms with Crippen LogP contribution in [0.3, 0.4) is 0 Å². The highest BCUT2D eigenvalue weighted by molar-refractivity contribution is 5.91. The first-order valence-corrected chi connectivity index (χ1v) is 6.35. The van der Waals surface area contributed by atoms with Crippen LogP contribution in [0.1, 0.15) is 41.8 Å². The van der Waals surface area contributed by atoms with Crippen molar-refractivity contribution >= 4 is 11.6 Å². The highest BCUT2D eigenvalue weighted by Gasteiger charge is 2.14. The summed E-state index contributed by atoms with van der Waals surface area (Å²) in [6.07, 6.45) is 0.779. The molecule has 1 heterocycles. The molecule has 4 heteroatoms. The highest BCUT2D eigenvalue weighted by Crippen LogP contribution is 2.16. The van der Waals surface area contributed by atoms with Gasteiger partial charge < -0.3 is 15.5 Å². The van der Waals surface area contributed by atoms with Crippen LogP contribution in [0.15, 0.2) is 40.8 Å². The van der Waals surface area contributed by atoms with Gasteiger partial charge in [0.25, 0.3) is 5.91 Å². The Bertz CT molecular complexity index is 558. The SMILES string of the molecule is CCc1ccc(C(=O)NC(C)c2ccc(N)cc2)o1. The summed E-state index contributed by atoms with van der Waals surface area (Å²) in [7, 11) is 0. The number of furan rings is 1. The van der Waals surface area contributed by atoms with E-state index in [4.69, 9.17) is 10.2 Å². The number of hydrogen-bond donors (Lipinski definition) is 2. The summed E-state index contributed by atoms with van der Waals surface area (Å²) in [4.78, 5) is 12.0. The fourth-order valence-corrected chi connectivity index (χ4v) is 1.83. The maximum atomic E-state index is 12.0. The molecule has 0 radical (unpaired) electrons. The van der Waals surface area contributed by atoms with Crippen molar-refractivity contribution in [2.75, 3.05) is 5.73 Å². The molecule has 2 aromatic rings. The van der Waals surface area contributed by atoms with E-state index in [0.29, 0.717) is 11.4 Å². The van der Waals surface area contributed by atoms with Crippen molar-refractivity contribution in [3.63, 3.8) is 0 Å². The van der Waals surface area contributed by atoms with Gasteiger partial charge >= 0.3 is 0 Å². The summed E-state index contributed by atoms with van der Waals surface area (Å²) < 4.78 is 5.42. The van der Waals surface area contributed by atoms with Gasteiger partial charge in [-0.05, 0) is 36.8 Å². The van der Waals surface area contributed by atoms with Gasteiger partial charge in [-0.2, -0.15) is 0 Å². The van der Waals surface area contributed by atoms with Crippen molar-refractivity contribution in [1.82, 2.24) is 5.32 Å². The second-order valence-electron chi connectivity index (χ2n) is 4.48. The first-order valence-electron chi connectivity index (χ1n) is 6.35. The fraction of sp³-hybridized carbons (Fsp3) is 0.267. The van der Waals surface area contributed by atoms with Crippen molar-refractivity contribution in [1.29, 1.82) is 0 Å². The second kappa shape index (κ2) is 5.61. The quantitative estimate of drug-likeness (QED) is 0.828. The number of carbonyl (C=O) groups is 1. The Kier molecular flexibility index (Phi) is 3.90. The molecule has 100 valence electrons. The second-order valence-corrected chi connectivity index (χ2v) is 4.48. The van der Waals surface area contributed by atoms with Crippen molar-refractivity contribution in [3.8, 4) is 0 Å². The molecule has 0 fully saturated rings. The van der Waals surface area contributed by atoms with Crippen molar-refractivity contribution in [2.45, 2.75) is 26.3 Å². The fourth-order valence-electron chi connectivity index (χ4n) is 1.83. The molecule has 1 aromatic heterocycles. The zero-order chi connectivity index (χ0) is 13.8. The molecule has 0 bridgehead atoms. The number of nitrogens with two attached hydrogens (primary N) is 1. The molecule has 3 N–H and O–H groups in total. The standard InChI is InChI=1S/C15H18N2O2/c1-3-13-8-9-14(19-13)15(18)17-10(2)11-4-6-12(16)7-5-11/h4-10H,3,16H2,1-2H3,(H,17,18). The molecule has 0 saturated carbocycles. The topological polar surface area (TPSA) is 68.3 Å². The number of rotatable bonds is 4. The predicted octanol–water partition coefficient (Wildman–Crippen LogP) is 2.92. The average molecular weight is 258 g/mol. The lowest BCUT2D eigenvalue weighted by Gasteiger charge is -2.13. The van der Waals surface area contributed by atoms with Gasteiger partial charge in [0, 0.05) is 12.1 Å². The van der Waals surface area contributed by atoms with E-state index in [1.807, 2.05) is 44.2 Å². The number of amides is 1. The van der Waals surface area contributed by atoms with Crippen molar-refractivity contribution < 1.29 is 9.21 Å².